The van der Waals surface area contributed by atoms with Crippen molar-refractivity contribution in [1.82, 2.24) is 15.1 Å². The molecule has 2 heterocycles. The first-order valence-electron chi connectivity index (χ1n) is 11.4. The molecular weight excluding hydrogens is 394 g/mol. The first-order valence-corrected chi connectivity index (χ1v) is 11.4. The fourth-order valence-corrected chi connectivity index (χ4v) is 4.94. The Morgan fingerprint density at radius 3 is 2.42 bits per heavy atom. The molecule has 166 valence electrons. The summed E-state index contributed by atoms with van der Waals surface area (Å²) in [5, 5.41) is 13.3. The van der Waals surface area contributed by atoms with Crippen LogP contribution in [0.3, 0.4) is 0 Å². The van der Waals surface area contributed by atoms with Crippen molar-refractivity contribution >= 4 is 17.7 Å². The maximum absolute atomic E-state index is 12.7. The topological polar surface area (TPSA) is 89.9 Å². The Balaban J connectivity index is 1.24. The quantitative estimate of drug-likeness (QED) is 0.702. The molecule has 4 rings (SSSR count). The lowest BCUT2D eigenvalue weighted by molar-refractivity contribution is -0.128. The lowest BCUT2D eigenvalue weighted by atomic mass is 9.82. The van der Waals surface area contributed by atoms with E-state index in [1.54, 1.807) is 0 Å². The highest BCUT2D eigenvalue weighted by Crippen LogP contribution is 2.33. The van der Waals surface area contributed by atoms with Crippen LogP contribution in [0, 0.1) is 0 Å². The van der Waals surface area contributed by atoms with E-state index in [-0.39, 0.29) is 30.0 Å². The van der Waals surface area contributed by atoms with Crippen molar-refractivity contribution < 1.29 is 19.5 Å². The van der Waals surface area contributed by atoms with E-state index in [4.69, 9.17) is 0 Å². The number of rotatable bonds is 7. The fraction of sp³-hybridized carbons (Fsp3) is 0.542. The predicted octanol–water partition coefficient (Wildman–Crippen LogP) is 2.50. The molecule has 0 atom stereocenters. The molecule has 0 aromatic heterocycles. The third-order valence-electron chi connectivity index (χ3n) is 6.76. The van der Waals surface area contributed by atoms with Gasteiger partial charge in [-0.2, -0.15) is 0 Å². The standard InChI is InChI=1S/C24H31N3O4/c28-21-8-4-13-26(21)14-5-15-27-16-20(22(29)24(27)31)23(30)25-19-11-9-18(10-12-19)17-6-2-1-3-7-17/h1-3,6-7,18-19,29H,4-5,8-16H2,(H,25,30). The average molecular weight is 426 g/mol. The third kappa shape index (κ3) is 4.92. The number of carbonyl (C=O) groups excluding carboxylic acids is 3. The summed E-state index contributed by atoms with van der Waals surface area (Å²) < 4.78 is 0. The number of nitrogens with one attached hydrogen (secondary N) is 1. The van der Waals surface area contributed by atoms with Crippen LogP contribution in [-0.2, 0) is 14.4 Å². The maximum Gasteiger partial charge on any atom is 0.289 e. The summed E-state index contributed by atoms with van der Waals surface area (Å²) in [5.74, 6) is -0.589. The van der Waals surface area contributed by atoms with E-state index in [1.165, 1.54) is 10.5 Å². The van der Waals surface area contributed by atoms with Gasteiger partial charge in [-0.15, -0.1) is 0 Å². The van der Waals surface area contributed by atoms with Gasteiger partial charge in [-0.05, 0) is 50.0 Å². The van der Waals surface area contributed by atoms with Crippen molar-refractivity contribution in [2.24, 2.45) is 0 Å². The van der Waals surface area contributed by atoms with Gasteiger partial charge >= 0.3 is 0 Å². The molecule has 3 aliphatic rings. The lowest BCUT2D eigenvalue weighted by Crippen LogP contribution is -2.39. The monoisotopic (exact) mass is 425 g/mol. The fourth-order valence-electron chi connectivity index (χ4n) is 4.94. The summed E-state index contributed by atoms with van der Waals surface area (Å²) in [6.07, 6.45) is 5.94. The summed E-state index contributed by atoms with van der Waals surface area (Å²) in [6.45, 7) is 1.93. The molecule has 2 N–H and O–H groups in total. The van der Waals surface area contributed by atoms with Crippen molar-refractivity contribution in [2.45, 2.75) is 56.9 Å². The van der Waals surface area contributed by atoms with Crippen LogP contribution in [0.2, 0.25) is 0 Å². The van der Waals surface area contributed by atoms with Crippen LogP contribution in [0.25, 0.3) is 0 Å². The molecule has 0 unspecified atom stereocenters. The summed E-state index contributed by atoms with van der Waals surface area (Å²) >= 11 is 0. The Morgan fingerprint density at radius 1 is 1.03 bits per heavy atom. The van der Waals surface area contributed by atoms with Gasteiger partial charge in [0.1, 0.15) is 0 Å². The molecule has 3 amide bonds. The molecule has 0 spiro atoms. The second-order valence-electron chi connectivity index (χ2n) is 8.82. The van der Waals surface area contributed by atoms with Crippen molar-refractivity contribution in [1.29, 1.82) is 0 Å². The minimum absolute atomic E-state index is 0.0677. The highest BCUT2D eigenvalue weighted by Gasteiger charge is 2.35. The summed E-state index contributed by atoms with van der Waals surface area (Å²) in [4.78, 5) is 40.1. The second-order valence-corrected chi connectivity index (χ2v) is 8.82. The third-order valence-corrected chi connectivity index (χ3v) is 6.76. The van der Waals surface area contributed by atoms with Gasteiger partial charge in [-0.3, -0.25) is 14.4 Å². The van der Waals surface area contributed by atoms with Crippen molar-refractivity contribution in [3.05, 3.63) is 47.2 Å². The van der Waals surface area contributed by atoms with Gasteiger partial charge in [-0.1, -0.05) is 30.3 Å². The number of aliphatic hydroxyl groups is 1. The Bertz CT molecular complexity index is 859. The van der Waals surface area contributed by atoms with Crippen LogP contribution in [-0.4, -0.2) is 64.8 Å². The smallest absolute Gasteiger partial charge is 0.289 e. The average Bonchev–Trinajstić information content (AvgIpc) is 3.32. The summed E-state index contributed by atoms with van der Waals surface area (Å²) in [7, 11) is 0. The number of benzene rings is 1. The number of carbonyl (C=O) groups is 3. The van der Waals surface area contributed by atoms with Gasteiger partial charge in [0, 0.05) is 32.1 Å². The zero-order chi connectivity index (χ0) is 21.8. The zero-order valence-electron chi connectivity index (χ0n) is 17.9. The van der Waals surface area contributed by atoms with Crippen molar-refractivity contribution in [2.75, 3.05) is 26.2 Å². The first-order chi connectivity index (χ1) is 15.0. The SMILES string of the molecule is O=C(NC1CCC(c2ccccc2)CC1)C1=C(O)C(=O)N(CCCN2CCCC2=O)C1. The van der Waals surface area contributed by atoms with Crippen molar-refractivity contribution in [3.8, 4) is 0 Å². The van der Waals surface area contributed by atoms with Gasteiger partial charge in [0.25, 0.3) is 11.8 Å². The Morgan fingerprint density at radius 2 is 1.74 bits per heavy atom. The van der Waals surface area contributed by atoms with Crippen LogP contribution in [0.1, 0.15) is 56.4 Å². The first kappa shape index (κ1) is 21.4. The molecule has 31 heavy (non-hydrogen) atoms. The lowest BCUT2D eigenvalue weighted by Gasteiger charge is -2.29. The molecule has 1 aromatic rings. The van der Waals surface area contributed by atoms with Gasteiger partial charge in [0.15, 0.2) is 5.76 Å². The second kappa shape index (κ2) is 9.54. The zero-order valence-corrected chi connectivity index (χ0v) is 17.9. The number of hydrogen-bond acceptors (Lipinski definition) is 4. The number of amides is 3. The van der Waals surface area contributed by atoms with E-state index >= 15 is 0 Å². The van der Waals surface area contributed by atoms with Crippen LogP contribution in [0.5, 0.6) is 0 Å². The highest BCUT2D eigenvalue weighted by atomic mass is 16.3. The largest absolute Gasteiger partial charge is 0.503 e. The van der Waals surface area contributed by atoms with Crippen molar-refractivity contribution in [3.63, 3.8) is 0 Å². The molecule has 7 nitrogen and oxygen atoms in total. The Labute approximate surface area is 183 Å². The Hall–Kier alpha value is -2.83. The van der Waals surface area contributed by atoms with Gasteiger partial charge in [0.2, 0.25) is 5.91 Å². The number of hydrogen-bond donors (Lipinski definition) is 2. The molecule has 1 saturated heterocycles. The number of likely N-dealkylation sites (tertiary alicyclic amines) is 1. The molecule has 2 fully saturated rings. The van der Waals surface area contributed by atoms with E-state index < -0.39 is 11.7 Å². The van der Waals surface area contributed by atoms with Crippen LogP contribution < -0.4 is 5.32 Å². The van der Waals surface area contributed by atoms with Crippen LogP contribution >= 0.6 is 0 Å². The van der Waals surface area contributed by atoms with E-state index in [9.17, 15) is 19.5 Å². The van der Waals surface area contributed by atoms with E-state index in [0.29, 0.717) is 31.8 Å². The molecule has 0 radical (unpaired) electrons. The Kier molecular flexibility index (Phi) is 6.59. The van der Waals surface area contributed by atoms with Crippen LogP contribution in [0.4, 0.5) is 0 Å². The molecular formula is C24H31N3O4. The maximum atomic E-state index is 12.7. The molecule has 1 aliphatic carbocycles. The van der Waals surface area contributed by atoms with E-state index in [0.717, 1.165) is 38.6 Å². The van der Waals surface area contributed by atoms with E-state index in [1.807, 2.05) is 11.0 Å². The molecule has 1 saturated carbocycles. The number of aliphatic hydroxyl groups excluding tert-OH is 1. The number of nitrogens with zero attached hydrogens (tertiary/aromatic N) is 2. The normalized spacial score (nSPS) is 24.3. The summed E-state index contributed by atoms with van der Waals surface area (Å²) in [5.41, 5.74) is 1.51. The molecule has 1 aromatic carbocycles. The van der Waals surface area contributed by atoms with E-state index in [2.05, 4.69) is 29.6 Å². The minimum Gasteiger partial charge on any atom is -0.503 e. The van der Waals surface area contributed by atoms with Gasteiger partial charge in [0.05, 0.1) is 12.1 Å². The molecule has 0 bridgehead atoms. The van der Waals surface area contributed by atoms with Crippen LogP contribution in [0.15, 0.2) is 41.7 Å². The van der Waals surface area contributed by atoms with Gasteiger partial charge < -0.3 is 20.2 Å². The molecule has 7 heteroatoms. The molecule has 2 aliphatic heterocycles. The minimum atomic E-state index is -0.495. The summed E-state index contributed by atoms with van der Waals surface area (Å²) in [6, 6.07) is 10.5. The predicted molar refractivity (Wildman–Crippen MR) is 116 cm³/mol. The van der Waals surface area contributed by atoms with Gasteiger partial charge in [-0.25, -0.2) is 0 Å². The highest BCUT2D eigenvalue weighted by molar-refractivity contribution is 6.07.